The maximum atomic E-state index is 13.5. The molecule has 1 aliphatic heterocycles. The monoisotopic (exact) mass is 425 g/mol. The van der Waals surface area contributed by atoms with Gasteiger partial charge in [0.1, 0.15) is 5.75 Å². The van der Waals surface area contributed by atoms with Crippen LogP contribution in [0.15, 0.2) is 84.3 Å². The Morgan fingerprint density at radius 2 is 1.72 bits per heavy atom. The predicted molar refractivity (Wildman–Crippen MR) is 127 cm³/mol. The van der Waals surface area contributed by atoms with Gasteiger partial charge < -0.3 is 15.4 Å². The van der Waals surface area contributed by atoms with Gasteiger partial charge in [-0.3, -0.25) is 9.78 Å². The number of nitrogens with one attached hydrogen (secondary N) is 2. The van der Waals surface area contributed by atoms with Gasteiger partial charge in [-0.25, -0.2) is 0 Å². The van der Waals surface area contributed by atoms with Crippen LogP contribution in [0.3, 0.4) is 0 Å². The third-order valence-corrected chi connectivity index (χ3v) is 6.05. The molecule has 2 atom stereocenters. The van der Waals surface area contributed by atoms with Crippen molar-refractivity contribution in [3.05, 3.63) is 95.5 Å². The van der Waals surface area contributed by atoms with E-state index in [9.17, 15) is 4.79 Å². The zero-order valence-corrected chi connectivity index (χ0v) is 18.3. The lowest BCUT2D eigenvalue weighted by Crippen LogP contribution is -2.26. The number of aromatic nitrogens is 1. The van der Waals surface area contributed by atoms with Gasteiger partial charge in [0.15, 0.2) is 5.78 Å². The summed E-state index contributed by atoms with van der Waals surface area (Å²) in [6.45, 7) is 4.04. The van der Waals surface area contributed by atoms with Crippen LogP contribution in [0.4, 0.5) is 11.4 Å². The first-order chi connectivity index (χ1) is 15.6. The van der Waals surface area contributed by atoms with Gasteiger partial charge in [-0.1, -0.05) is 30.3 Å². The number of hydrogen-bond acceptors (Lipinski definition) is 5. The lowest BCUT2D eigenvalue weighted by atomic mass is 9.78. The van der Waals surface area contributed by atoms with Gasteiger partial charge >= 0.3 is 0 Å². The zero-order valence-electron chi connectivity index (χ0n) is 18.3. The van der Waals surface area contributed by atoms with E-state index in [1.165, 1.54) is 0 Å². The molecule has 0 saturated heterocycles. The number of fused-ring (bicyclic) bond motifs is 1. The fourth-order valence-corrected chi connectivity index (χ4v) is 4.62. The molecule has 2 N–H and O–H groups in total. The summed E-state index contributed by atoms with van der Waals surface area (Å²) >= 11 is 0. The Balaban J connectivity index is 1.51. The SMILES string of the molecule is CC(C)Oc1ccc(C2CC(=O)C3=C(C2)Nc2ccccc2NC3c2cccnc2)cc1. The second kappa shape index (κ2) is 8.50. The van der Waals surface area contributed by atoms with E-state index in [4.69, 9.17) is 4.74 Å². The Kier molecular flexibility index (Phi) is 5.39. The molecule has 2 aliphatic rings. The minimum atomic E-state index is -0.231. The maximum Gasteiger partial charge on any atom is 0.163 e. The molecule has 2 aromatic carbocycles. The van der Waals surface area contributed by atoms with E-state index in [1.807, 2.05) is 68.6 Å². The molecule has 0 radical (unpaired) electrons. The Bertz CT molecular complexity index is 1150. The van der Waals surface area contributed by atoms with Crippen molar-refractivity contribution in [2.45, 2.75) is 44.8 Å². The van der Waals surface area contributed by atoms with E-state index in [0.29, 0.717) is 6.42 Å². The second-order valence-corrected chi connectivity index (χ2v) is 8.69. The average molecular weight is 426 g/mol. The smallest absolute Gasteiger partial charge is 0.163 e. The molecular formula is C27H27N3O2. The normalized spacial score (nSPS) is 20.0. The van der Waals surface area contributed by atoms with Gasteiger partial charge in [0, 0.05) is 30.1 Å². The molecular weight excluding hydrogens is 398 g/mol. The van der Waals surface area contributed by atoms with Gasteiger partial charge in [-0.2, -0.15) is 0 Å². The molecule has 162 valence electrons. The largest absolute Gasteiger partial charge is 0.491 e. The molecule has 0 bridgehead atoms. The Morgan fingerprint density at radius 1 is 0.938 bits per heavy atom. The highest BCUT2D eigenvalue weighted by molar-refractivity contribution is 6.01. The number of carbonyl (C=O) groups is 1. The highest BCUT2D eigenvalue weighted by atomic mass is 16.5. The van der Waals surface area contributed by atoms with Crippen molar-refractivity contribution in [3.8, 4) is 5.75 Å². The highest BCUT2D eigenvalue weighted by Crippen LogP contribution is 2.44. The number of ether oxygens (including phenoxy) is 1. The Hall–Kier alpha value is -3.60. The van der Waals surface area contributed by atoms with Crippen molar-refractivity contribution >= 4 is 17.2 Å². The minimum absolute atomic E-state index is 0.127. The third-order valence-electron chi connectivity index (χ3n) is 6.05. The van der Waals surface area contributed by atoms with E-state index in [2.05, 4.69) is 27.8 Å². The van der Waals surface area contributed by atoms with E-state index >= 15 is 0 Å². The maximum absolute atomic E-state index is 13.5. The van der Waals surface area contributed by atoms with E-state index in [-0.39, 0.29) is 23.8 Å². The lowest BCUT2D eigenvalue weighted by molar-refractivity contribution is -0.116. The van der Waals surface area contributed by atoms with E-state index < -0.39 is 0 Å². The van der Waals surface area contributed by atoms with Crippen LogP contribution in [0.5, 0.6) is 5.75 Å². The van der Waals surface area contributed by atoms with Crippen molar-refractivity contribution in [1.29, 1.82) is 0 Å². The summed E-state index contributed by atoms with van der Waals surface area (Å²) in [4.78, 5) is 17.8. The average Bonchev–Trinajstić information content (AvgIpc) is 2.96. The molecule has 1 aromatic heterocycles. The molecule has 2 unspecified atom stereocenters. The standard InChI is InChI=1S/C27H27N3O2/c1-17(2)32-21-11-9-18(10-12-21)20-14-24-26(25(31)15-20)27(19-6-5-13-28-16-19)30-23-8-4-3-7-22(23)29-24/h3-13,16-17,20,27,29-30H,14-15H2,1-2H3. The van der Waals surface area contributed by atoms with Crippen LogP contribution >= 0.6 is 0 Å². The van der Waals surface area contributed by atoms with Gasteiger partial charge in [0.05, 0.1) is 23.5 Å². The third kappa shape index (κ3) is 3.98. The summed E-state index contributed by atoms with van der Waals surface area (Å²) in [7, 11) is 0. The van der Waals surface area contributed by atoms with Crippen molar-refractivity contribution in [3.63, 3.8) is 0 Å². The number of ketones is 1. The van der Waals surface area contributed by atoms with Crippen molar-refractivity contribution in [2.75, 3.05) is 10.6 Å². The second-order valence-electron chi connectivity index (χ2n) is 8.69. The van der Waals surface area contributed by atoms with Gasteiger partial charge in [-0.05, 0) is 67.6 Å². The van der Waals surface area contributed by atoms with Gasteiger partial charge in [0.2, 0.25) is 0 Å². The fraction of sp³-hybridized carbons (Fsp3) is 0.259. The van der Waals surface area contributed by atoms with Crippen LogP contribution in [0.25, 0.3) is 0 Å². The van der Waals surface area contributed by atoms with Crippen molar-refractivity contribution < 1.29 is 9.53 Å². The lowest BCUT2D eigenvalue weighted by Gasteiger charge is -2.30. The van der Waals surface area contributed by atoms with Crippen LogP contribution in [0, 0.1) is 0 Å². The van der Waals surface area contributed by atoms with E-state index in [1.54, 1.807) is 6.20 Å². The number of nitrogens with zero attached hydrogens (tertiary/aromatic N) is 1. The topological polar surface area (TPSA) is 63.2 Å². The van der Waals surface area contributed by atoms with Crippen LogP contribution in [-0.4, -0.2) is 16.9 Å². The van der Waals surface area contributed by atoms with Crippen LogP contribution in [0.1, 0.15) is 49.8 Å². The number of pyridine rings is 1. The number of Topliss-reactive ketones (excluding diaryl/α,β-unsaturated/α-hetero) is 1. The summed E-state index contributed by atoms with van der Waals surface area (Å²) < 4.78 is 5.78. The quantitative estimate of drug-likeness (QED) is 0.549. The first-order valence-electron chi connectivity index (χ1n) is 11.1. The molecule has 0 saturated carbocycles. The molecule has 32 heavy (non-hydrogen) atoms. The molecule has 5 rings (SSSR count). The minimum Gasteiger partial charge on any atom is -0.491 e. The first kappa shape index (κ1) is 20.3. The number of rotatable bonds is 4. The summed E-state index contributed by atoms with van der Waals surface area (Å²) in [6.07, 6.45) is 4.99. The van der Waals surface area contributed by atoms with E-state index in [0.717, 1.165) is 45.9 Å². The first-order valence-corrected chi connectivity index (χ1v) is 11.1. The number of allylic oxidation sites excluding steroid dienone is 1. The van der Waals surface area contributed by atoms with Crippen LogP contribution < -0.4 is 15.4 Å². The Morgan fingerprint density at radius 3 is 2.44 bits per heavy atom. The molecule has 5 heteroatoms. The van der Waals surface area contributed by atoms with Gasteiger partial charge in [0.25, 0.3) is 0 Å². The van der Waals surface area contributed by atoms with Gasteiger partial charge in [-0.15, -0.1) is 0 Å². The summed E-state index contributed by atoms with van der Waals surface area (Å²) in [6, 6.07) is 20.0. The van der Waals surface area contributed by atoms with Crippen LogP contribution in [0.2, 0.25) is 0 Å². The fourth-order valence-electron chi connectivity index (χ4n) is 4.62. The molecule has 2 heterocycles. The number of para-hydroxylation sites is 2. The number of benzene rings is 2. The molecule has 0 spiro atoms. The molecule has 0 fully saturated rings. The number of anilines is 2. The molecule has 0 amide bonds. The highest BCUT2D eigenvalue weighted by Gasteiger charge is 2.36. The molecule has 1 aliphatic carbocycles. The summed E-state index contributed by atoms with van der Waals surface area (Å²) in [5.74, 6) is 1.15. The van der Waals surface area contributed by atoms with Crippen LogP contribution in [-0.2, 0) is 4.79 Å². The summed E-state index contributed by atoms with van der Waals surface area (Å²) in [5.41, 5.74) is 5.91. The predicted octanol–water partition coefficient (Wildman–Crippen LogP) is 5.85. The number of carbonyl (C=O) groups excluding carboxylic acids is 1. The Labute approximate surface area is 188 Å². The summed E-state index contributed by atoms with van der Waals surface area (Å²) in [5, 5.41) is 7.17. The molecule has 3 aromatic rings. The van der Waals surface area contributed by atoms with Crippen molar-refractivity contribution in [1.82, 2.24) is 4.98 Å². The molecule has 5 nitrogen and oxygen atoms in total. The number of hydrogen-bond donors (Lipinski definition) is 2. The zero-order chi connectivity index (χ0) is 22.1. The van der Waals surface area contributed by atoms with Crippen molar-refractivity contribution in [2.24, 2.45) is 0 Å².